The first kappa shape index (κ1) is 19.1. The number of nitrogens with zero attached hydrogens (tertiary/aromatic N) is 6. The van der Waals surface area contributed by atoms with E-state index in [4.69, 9.17) is 9.72 Å². The molecule has 4 rings (SSSR count). The lowest BCUT2D eigenvalue weighted by molar-refractivity contribution is -0.0203. The fourth-order valence-electron chi connectivity index (χ4n) is 4.30. The molecule has 0 radical (unpaired) electrons. The van der Waals surface area contributed by atoms with Gasteiger partial charge in [-0.05, 0) is 43.6 Å². The molecule has 4 heterocycles. The van der Waals surface area contributed by atoms with Crippen molar-refractivity contribution in [2.75, 3.05) is 29.9 Å². The van der Waals surface area contributed by atoms with Crippen molar-refractivity contribution in [3.05, 3.63) is 24.7 Å². The zero-order valence-corrected chi connectivity index (χ0v) is 16.9. The van der Waals surface area contributed by atoms with Gasteiger partial charge in [0.05, 0.1) is 18.3 Å². The third-order valence-electron chi connectivity index (χ3n) is 5.81. The summed E-state index contributed by atoms with van der Waals surface area (Å²) in [5.41, 5.74) is 0. The normalized spacial score (nSPS) is 23.9. The third-order valence-corrected chi connectivity index (χ3v) is 5.81. The van der Waals surface area contributed by atoms with Crippen LogP contribution in [0.5, 0.6) is 0 Å². The van der Waals surface area contributed by atoms with Gasteiger partial charge in [0.15, 0.2) is 0 Å². The Morgan fingerprint density at radius 2 is 2.07 bits per heavy atom. The zero-order valence-electron chi connectivity index (χ0n) is 16.9. The molecular weight excluding hydrogens is 354 g/mol. The van der Waals surface area contributed by atoms with E-state index in [1.165, 1.54) is 0 Å². The van der Waals surface area contributed by atoms with Gasteiger partial charge in [-0.1, -0.05) is 19.1 Å². The highest BCUT2D eigenvalue weighted by Gasteiger charge is 2.29. The average Bonchev–Trinajstić information content (AvgIpc) is 3.22. The molecule has 0 unspecified atom stereocenters. The Labute approximate surface area is 166 Å². The van der Waals surface area contributed by atoms with Crippen LogP contribution in [-0.4, -0.2) is 56.8 Å². The molecule has 0 aromatic carbocycles. The molecule has 2 aromatic rings. The summed E-state index contributed by atoms with van der Waals surface area (Å²) in [6.45, 7) is 8.20. The van der Waals surface area contributed by atoms with Crippen molar-refractivity contribution in [1.29, 1.82) is 0 Å². The molecule has 152 valence electrons. The minimum atomic E-state index is 0.236. The van der Waals surface area contributed by atoms with Crippen molar-refractivity contribution < 1.29 is 4.74 Å². The van der Waals surface area contributed by atoms with Gasteiger partial charge in [-0.3, -0.25) is 4.68 Å². The first-order valence-corrected chi connectivity index (χ1v) is 10.5. The summed E-state index contributed by atoms with van der Waals surface area (Å²) in [5, 5.41) is 11.6. The average molecular weight is 386 g/mol. The van der Waals surface area contributed by atoms with Crippen molar-refractivity contribution in [3.63, 3.8) is 0 Å². The molecule has 0 aliphatic carbocycles. The van der Waals surface area contributed by atoms with Crippen molar-refractivity contribution in [1.82, 2.24) is 25.0 Å². The number of piperidine rings is 1. The Bertz CT molecular complexity index is 728. The molecule has 2 fully saturated rings. The summed E-state index contributed by atoms with van der Waals surface area (Å²) in [5.74, 6) is 2.84. The van der Waals surface area contributed by atoms with Crippen LogP contribution in [0, 0.1) is 11.8 Å². The number of hydrogen-bond acceptors (Lipinski definition) is 7. The number of nitrogens with one attached hydrogen (secondary N) is 1. The number of rotatable bonds is 6. The standard InChI is InChI=1S/C20H31N7O/c1-15(2)19-17(4-3-13-28-19)23-18-5-8-21-20(24-18)26-10-6-16(7-11-26)14-27-12-9-22-25-27/h5,8-9,12,15-17,19H,3-4,6-7,10-11,13-14H2,1-2H3,(H,21,23,24)/t17-,19-/m0/s1. The van der Waals surface area contributed by atoms with Gasteiger partial charge < -0.3 is 15.0 Å². The molecule has 2 atom stereocenters. The van der Waals surface area contributed by atoms with Crippen LogP contribution in [-0.2, 0) is 11.3 Å². The van der Waals surface area contributed by atoms with Gasteiger partial charge in [0.1, 0.15) is 5.82 Å². The smallest absolute Gasteiger partial charge is 0.227 e. The first-order chi connectivity index (χ1) is 13.7. The number of hydrogen-bond donors (Lipinski definition) is 1. The highest BCUT2D eigenvalue weighted by atomic mass is 16.5. The fraction of sp³-hybridized carbons (Fsp3) is 0.700. The lowest BCUT2D eigenvalue weighted by Crippen LogP contribution is -2.43. The molecule has 2 aliphatic heterocycles. The molecule has 1 N–H and O–H groups in total. The second kappa shape index (κ2) is 8.86. The number of ether oxygens (including phenoxy) is 1. The highest BCUT2D eigenvalue weighted by molar-refractivity contribution is 5.42. The van der Waals surface area contributed by atoms with Crippen molar-refractivity contribution in [3.8, 4) is 0 Å². The SMILES string of the molecule is CC(C)[C@@H]1OCCC[C@@H]1Nc1ccnc(N2CCC(Cn3ccnn3)CC2)n1. The lowest BCUT2D eigenvalue weighted by atomic mass is 9.94. The monoisotopic (exact) mass is 385 g/mol. The van der Waals surface area contributed by atoms with Gasteiger partial charge in [0.2, 0.25) is 5.95 Å². The molecule has 2 aromatic heterocycles. The van der Waals surface area contributed by atoms with Crippen LogP contribution in [0.4, 0.5) is 11.8 Å². The summed E-state index contributed by atoms with van der Waals surface area (Å²) in [7, 11) is 0. The van der Waals surface area contributed by atoms with E-state index in [1.807, 2.05) is 23.1 Å². The Morgan fingerprint density at radius 1 is 1.21 bits per heavy atom. The van der Waals surface area contributed by atoms with E-state index in [0.717, 1.165) is 63.7 Å². The van der Waals surface area contributed by atoms with E-state index in [1.54, 1.807) is 6.20 Å². The highest BCUT2D eigenvalue weighted by Crippen LogP contribution is 2.25. The summed E-state index contributed by atoms with van der Waals surface area (Å²) in [6.07, 6.45) is 10.2. The van der Waals surface area contributed by atoms with E-state index in [2.05, 4.69) is 39.4 Å². The Morgan fingerprint density at radius 3 is 2.82 bits per heavy atom. The molecule has 0 bridgehead atoms. The lowest BCUT2D eigenvalue weighted by Gasteiger charge is -2.35. The molecule has 2 saturated heterocycles. The van der Waals surface area contributed by atoms with Crippen LogP contribution in [0.2, 0.25) is 0 Å². The fourth-order valence-corrected chi connectivity index (χ4v) is 4.30. The minimum absolute atomic E-state index is 0.236. The van der Waals surface area contributed by atoms with E-state index < -0.39 is 0 Å². The summed E-state index contributed by atoms with van der Waals surface area (Å²) < 4.78 is 7.93. The number of anilines is 2. The zero-order chi connectivity index (χ0) is 19.3. The van der Waals surface area contributed by atoms with Gasteiger partial charge in [-0.2, -0.15) is 4.98 Å². The molecule has 8 heteroatoms. The van der Waals surface area contributed by atoms with Gasteiger partial charge in [0, 0.05) is 38.6 Å². The van der Waals surface area contributed by atoms with E-state index in [-0.39, 0.29) is 6.10 Å². The Balaban J connectivity index is 1.35. The van der Waals surface area contributed by atoms with Gasteiger partial charge in [-0.25, -0.2) is 4.98 Å². The topological polar surface area (TPSA) is 81.0 Å². The summed E-state index contributed by atoms with van der Waals surface area (Å²) >= 11 is 0. The second-order valence-electron chi connectivity index (χ2n) is 8.27. The predicted octanol–water partition coefficient (Wildman–Crippen LogP) is 2.60. The largest absolute Gasteiger partial charge is 0.376 e. The number of aromatic nitrogens is 5. The van der Waals surface area contributed by atoms with Gasteiger partial charge >= 0.3 is 0 Å². The van der Waals surface area contributed by atoms with Crippen molar-refractivity contribution in [2.45, 2.75) is 58.2 Å². The van der Waals surface area contributed by atoms with Crippen LogP contribution in [0.15, 0.2) is 24.7 Å². The van der Waals surface area contributed by atoms with Gasteiger partial charge in [-0.15, -0.1) is 5.10 Å². The third kappa shape index (κ3) is 4.60. The quantitative estimate of drug-likeness (QED) is 0.818. The summed E-state index contributed by atoms with van der Waals surface area (Å²) in [4.78, 5) is 11.6. The first-order valence-electron chi connectivity index (χ1n) is 10.5. The van der Waals surface area contributed by atoms with Gasteiger partial charge in [0.25, 0.3) is 0 Å². The minimum Gasteiger partial charge on any atom is -0.376 e. The predicted molar refractivity (Wildman–Crippen MR) is 108 cm³/mol. The Kier molecular flexibility index (Phi) is 6.04. The molecular formula is C20H31N7O. The molecule has 0 amide bonds. The van der Waals surface area contributed by atoms with E-state index >= 15 is 0 Å². The maximum absolute atomic E-state index is 6.00. The Hall–Kier alpha value is -2.22. The van der Waals surface area contributed by atoms with Crippen LogP contribution < -0.4 is 10.2 Å². The maximum Gasteiger partial charge on any atom is 0.227 e. The van der Waals surface area contributed by atoms with Crippen LogP contribution in [0.3, 0.4) is 0 Å². The summed E-state index contributed by atoms with van der Waals surface area (Å²) in [6, 6.07) is 2.28. The van der Waals surface area contributed by atoms with Crippen LogP contribution in [0.1, 0.15) is 39.5 Å². The molecule has 0 saturated carbocycles. The molecule has 0 spiro atoms. The van der Waals surface area contributed by atoms with Crippen LogP contribution in [0.25, 0.3) is 0 Å². The van der Waals surface area contributed by atoms with Crippen LogP contribution >= 0.6 is 0 Å². The van der Waals surface area contributed by atoms with Crippen molar-refractivity contribution >= 4 is 11.8 Å². The second-order valence-corrected chi connectivity index (χ2v) is 8.27. The van der Waals surface area contributed by atoms with Crippen molar-refractivity contribution in [2.24, 2.45) is 11.8 Å². The van der Waals surface area contributed by atoms with E-state index in [9.17, 15) is 0 Å². The van der Waals surface area contributed by atoms with E-state index in [0.29, 0.717) is 17.9 Å². The molecule has 2 aliphatic rings. The maximum atomic E-state index is 6.00. The molecule has 28 heavy (non-hydrogen) atoms. The molecule has 8 nitrogen and oxygen atoms in total.